The summed E-state index contributed by atoms with van der Waals surface area (Å²) < 4.78 is 0. The summed E-state index contributed by atoms with van der Waals surface area (Å²) in [4.78, 5) is 28.6. The molecule has 0 aliphatic rings. The third-order valence-corrected chi connectivity index (χ3v) is 4.57. The number of hydrogen-bond acceptors (Lipinski definition) is 6. The van der Waals surface area contributed by atoms with E-state index in [1.807, 2.05) is 20.8 Å². The van der Waals surface area contributed by atoms with Crippen molar-refractivity contribution in [1.29, 1.82) is 0 Å². The summed E-state index contributed by atoms with van der Waals surface area (Å²) in [7, 11) is 0. The number of nitrogens with zero attached hydrogens (tertiary/aromatic N) is 2. The number of aliphatic hydroxyl groups is 1. The fraction of sp³-hybridized carbons (Fsp3) is 0.667. The first kappa shape index (κ1) is 19.5. The number of thiazole rings is 1. The lowest BCUT2D eigenvalue weighted by Gasteiger charge is -2.35. The van der Waals surface area contributed by atoms with E-state index < -0.39 is 12.1 Å². The Kier molecular flexibility index (Phi) is 7.60. The maximum absolute atomic E-state index is 12.1. The maximum atomic E-state index is 12.1. The van der Waals surface area contributed by atoms with Crippen molar-refractivity contribution in [3.63, 3.8) is 0 Å². The van der Waals surface area contributed by atoms with Gasteiger partial charge in [-0.2, -0.15) is 0 Å². The Morgan fingerprint density at radius 1 is 1.43 bits per heavy atom. The van der Waals surface area contributed by atoms with Crippen molar-refractivity contribution >= 4 is 23.2 Å². The molecule has 1 heterocycles. The molecule has 0 radical (unpaired) electrons. The molecule has 23 heavy (non-hydrogen) atoms. The van der Waals surface area contributed by atoms with Crippen LogP contribution in [0.2, 0.25) is 0 Å². The molecule has 0 fully saturated rings. The molecule has 0 aliphatic heterocycles. The molecule has 0 aromatic carbocycles. The number of hydrogen-bond donors (Lipinski definition) is 3. The molecule has 0 spiro atoms. The van der Waals surface area contributed by atoms with Crippen LogP contribution in [0.5, 0.6) is 0 Å². The third kappa shape index (κ3) is 5.26. The van der Waals surface area contributed by atoms with E-state index in [-0.39, 0.29) is 30.1 Å². The van der Waals surface area contributed by atoms with Crippen molar-refractivity contribution in [2.45, 2.75) is 45.8 Å². The summed E-state index contributed by atoms with van der Waals surface area (Å²) in [5.74, 6) is -1.14. The number of carbonyl (C=O) groups is 2. The highest BCUT2D eigenvalue weighted by atomic mass is 32.1. The van der Waals surface area contributed by atoms with Gasteiger partial charge in [-0.25, -0.2) is 9.78 Å². The second-order valence-corrected chi connectivity index (χ2v) is 6.62. The topological polar surface area (TPSA) is 117 Å². The van der Waals surface area contributed by atoms with Crippen LogP contribution in [0, 0.1) is 5.92 Å². The Balaban J connectivity index is 2.92. The highest BCUT2D eigenvalue weighted by Gasteiger charge is 2.29. The van der Waals surface area contributed by atoms with Crippen molar-refractivity contribution in [2.24, 2.45) is 11.7 Å². The van der Waals surface area contributed by atoms with E-state index in [0.29, 0.717) is 18.0 Å². The Labute approximate surface area is 140 Å². The van der Waals surface area contributed by atoms with Gasteiger partial charge in [0.1, 0.15) is 11.1 Å². The second-order valence-electron chi connectivity index (χ2n) is 5.73. The summed E-state index contributed by atoms with van der Waals surface area (Å²) in [6.45, 7) is 6.44. The van der Waals surface area contributed by atoms with Crippen LogP contribution in [0.15, 0.2) is 5.38 Å². The van der Waals surface area contributed by atoms with Gasteiger partial charge < -0.3 is 20.8 Å². The molecule has 7 nitrogen and oxygen atoms in total. The third-order valence-electron chi connectivity index (χ3n) is 3.62. The lowest BCUT2D eigenvalue weighted by molar-refractivity contribution is -0.133. The number of aromatic nitrogens is 1. The molecular weight excluding hydrogens is 318 g/mol. The number of nitrogens with two attached hydrogens (primary N) is 1. The molecule has 0 saturated heterocycles. The smallest absolute Gasteiger partial charge is 0.355 e. The van der Waals surface area contributed by atoms with Crippen LogP contribution in [0.3, 0.4) is 0 Å². The molecule has 4 N–H and O–H groups in total. The van der Waals surface area contributed by atoms with E-state index in [0.717, 1.165) is 17.8 Å². The zero-order chi connectivity index (χ0) is 17.6. The highest BCUT2D eigenvalue weighted by molar-refractivity contribution is 7.09. The lowest BCUT2D eigenvalue weighted by Crippen LogP contribution is -2.47. The number of carbonyl (C=O) groups excluding carboxylic acids is 1. The van der Waals surface area contributed by atoms with Crippen LogP contribution in [0.1, 0.15) is 55.2 Å². The van der Waals surface area contributed by atoms with E-state index in [9.17, 15) is 14.7 Å². The summed E-state index contributed by atoms with van der Waals surface area (Å²) in [5, 5.41) is 21.1. The first-order valence-electron chi connectivity index (χ1n) is 7.68. The van der Waals surface area contributed by atoms with Crippen molar-refractivity contribution in [3.8, 4) is 0 Å². The molecule has 2 atom stereocenters. The number of amides is 1. The van der Waals surface area contributed by atoms with Crippen LogP contribution in [0.25, 0.3) is 0 Å². The van der Waals surface area contributed by atoms with Crippen LogP contribution in [-0.4, -0.2) is 51.1 Å². The van der Waals surface area contributed by atoms with Gasteiger partial charge in [0.15, 0.2) is 5.69 Å². The van der Waals surface area contributed by atoms with Crippen molar-refractivity contribution in [2.75, 3.05) is 13.1 Å². The Bertz CT molecular complexity index is 533. The van der Waals surface area contributed by atoms with E-state index in [2.05, 4.69) is 4.98 Å². The van der Waals surface area contributed by atoms with Crippen LogP contribution < -0.4 is 5.73 Å². The molecule has 2 unspecified atom stereocenters. The predicted octanol–water partition coefficient (Wildman–Crippen LogP) is 1.49. The number of carboxylic acid groups (broad SMARTS) is 1. The molecule has 0 aliphatic carbocycles. The number of carboxylic acids is 1. The van der Waals surface area contributed by atoms with Crippen LogP contribution in [-0.2, 0) is 4.79 Å². The van der Waals surface area contributed by atoms with Crippen LogP contribution >= 0.6 is 11.3 Å². The van der Waals surface area contributed by atoms with Gasteiger partial charge in [-0.05, 0) is 12.3 Å². The van der Waals surface area contributed by atoms with Gasteiger partial charge >= 0.3 is 5.97 Å². The molecular formula is C15H25N3O4S. The van der Waals surface area contributed by atoms with Gasteiger partial charge in [-0.3, -0.25) is 4.79 Å². The summed E-state index contributed by atoms with van der Waals surface area (Å²) in [5.41, 5.74) is 5.42. The van der Waals surface area contributed by atoms with Gasteiger partial charge in [-0.15, -0.1) is 11.3 Å². The molecule has 1 aromatic heterocycles. The first-order valence-corrected chi connectivity index (χ1v) is 8.56. The molecule has 0 bridgehead atoms. The van der Waals surface area contributed by atoms with Gasteiger partial charge in [0.25, 0.3) is 0 Å². The molecule has 8 heteroatoms. The fourth-order valence-electron chi connectivity index (χ4n) is 2.46. The maximum Gasteiger partial charge on any atom is 0.355 e. The molecule has 1 aromatic rings. The number of rotatable bonds is 9. The molecule has 1 rings (SSSR count). The average molecular weight is 343 g/mol. The minimum atomic E-state index is -1.12. The highest BCUT2D eigenvalue weighted by Crippen LogP contribution is 2.27. The second kappa shape index (κ2) is 8.95. The average Bonchev–Trinajstić information content (AvgIpc) is 2.99. The van der Waals surface area contributed by atoms with Gasteiger partial charge in [0.2, 0.25) is 5.91 Å². The summed E-state index contributed by atoms with van der Waals surface area (Å²) >= 11 is 1.11. The predicted molar refractivity (Wildman–Crippen MR) is 88.3 cm³/mol. The summed E-state index contributed by atoms with van der Waals surface area (Å²) in [6.07, 6.45) is 0.187. The molecule has 1 amide bonds. The minimum Gasteiger partial charge on any atom is -0.476 e. The van der Waals surface area contributed by atoms with E-state index in [4.69, 9.17) is 10.8 Å². The standard InChI is InChI=1S/C15H25N3O4S/c1-4-5-18(13(20)7-16)11(9(2)3)6-12(19)14-17-10(8-23-14)15(21)22/h8-9,11-12,19H,4-7,16H2,1-3H3,(H,21,22). The van der Waals surface area contributed by atoms with Crippen molar-refractivity contribution in [1.82, 2.24) is 9.88 Å². The number of aliphatic hydroxyl groups excluding tert-OH is 1. The number of aromatic carboxylic acids is 1. The molecule has 0 saturated carbocycles. The normalized spacial score (nSPS) is 13.8. The van der Waals surface area contributed by atoms with E-state index in [1.54, 1.807) is 4.90 Å². The van der Waals surface area contributed by atoms with Crippen molar-refractivity contribution in [3.05, 3.63) is 16.1 Å². The van der Waals surface area contributed by atoms with Crippen LogP contribution in [0.4, 0.5) is 0 Å². The largest absolute Gasteiger partial charge is 0.476 e. The first-order chi connectivity index (χ1) is 10.8. The molecule has 130 valence electrons. The van der Waals surface area contributed by atoms with E-state index in [1.165, 1.54) is 5.38 Å². The fourth-order valence-corrected chi connectivity index (χ4v) is 3.25. The zero-order valence-corrected chi connectivity index (χ0v) is 14.5. The zero-order valence-electron chi connectivity index (χ0n) is 13.7. The van der Waals surface area contributed by atoms with E-state index >= 15 is 0 Å². The van der Waals surface area contributed by atoms with Crippen molar-refractivity contribution < 1.29 is 19.8 Å². The SMILES string of the molecule is CCCN(C(=O)CN)C(CC(O)c1nc(C(=O)O)cs1)C(C)C. The lowest BCUT2D eigenvalue weighted by atomic mass is 9.95. The summed E-state index contributed by atoms with van der Waals surface area (Å²) in [6, 6.07) is -0.182. The Morgan fingerprint density at radius 3 is 2.52 bits per heavy atom. The van der Waals surface area contributed by atoms with Gasteiger partial charge in [0, 0.05) is 24.4 Å². The quantitative estimate of drug-likeness (QED) is 0.625. The monoisotopic (exact) mass is 343 g/mol. The van der Waals surface area contributed by atoms with Gasteiger partial charge in [-0.1, -0.05) is 20.8 Å². The van der Waals surface area contributed by atoms with Gasteiger partial charge in [0.05, 0.1) is 6.54 Å². The minimum absolute atomic E-state index is 0.0697. The Morgan fingerprint density at radius 2 is 2.09 bits per heavy atom. The Hall–Kier alpha value is -1.51.